The number of hydrogen-bond acceptors (Lipinski definition) is 5. The maximum atomic E-state index is 13.6. The Morgan fingerprint density at radius 2 is 1.94 bits per heavy atom. The lowest BCUT2D eigenvalue weighted by atomic mass is 9.88. The Bertz CT molecular complexity index is 988. The molecule has 2 fully saturated rings. The summed E-state index contributed by atoms with van der Waals surface area (Å²) in [7, 11) is 0. The third kappa shape index (κ3) is 4.41. The van der Waals surface area contributed by atoms with E-state index in [0.717, 1.165) is 4.90 Å². The summed E-state index contributed by atoms with van der Waals surface area (Å²) in [6.45, 7) is 9.04. The van der Waals surface area contributed by atoms with Crippen LogP contribution < -0.4 is 4.90 Å². The zero-order valence-corrected chi connectivity index (χ0v) is 19.7. The average Bonchev–Trinajstić information content (AvgIpc) is 3.34. The van der Waals surface area contributed by atoms with E-state index in [1.807, 2.05) is 6.92 Å². The number of nitrogens with zero attached hydrogens (tertiary/aromatic N) is 5. The van der Waals surface area contributed by atoms with Gasteiger partial charge in [-0.1, -0.05) is 0 Å². The zero-order valence-electron chi connectivity index (χ0n) is 19.7. The lowest BCUT2D eigenvalue weighted by Gasteiger charge is -2.36. The summed E-state index contributed by atoms with van der Waals surface area (Å²) in [6.07, 6.45) is 0.696. The molecule has 2 saturated heterocycles. The molecule has 1 aromatic heterocycles. The summed E-state index contributed by atoms with van der Waals surface area (Å²) in [5.41, 5.74) is -0.531. The predicted octanol–water partition coefficient (Wildman–Crippen LogP) is 2.63. The molecule has 0 bridgehead atoms. The molecule has 3 aliphatic rings. The number of ether oxygens (including phenoxy) is 1. The van der Waals surface area contributed by atoms with Crippen molar-refractivity contribution in [2.24, 2.45) is 5.41 Å². The predicted molar refractivity (Wildman–Crippen MR) is 115 cm³/mol. The largest absolute Gasteiger partial charge is 0.444 e. The molecule has 3 amide bonds. The number of carbonyl (C=O) groups excluding carboxylic acids is 3. The standard InChI is InChI=1S/C22H31F2N5O4/c1-14-10-29-16(11-27(14)19(32)33-20(2,3)4)15(9-25-29)28-12-21(5,8-17(28)30)18(31)26-7-6-22(23,24)13-26/h9,14H,6-8,10-13H2,1-5H3/t14-,21?/m0/s1. The van der Waals surface area contributed by atoms with Crippen molar-refractivity contribution in [3.63, 3.8) is 0 Å². The summed E-state index contributed by atoms with van der Waals surface area (Å²) < 4.78 is 34.6. The second-order valence-electron chi connectivity index (χ2n) is 10.7. The van der Waals surface area contributed by atoms with Gasteiger partial charge < -0.3 is 14.5 Å². The first-order valence-electron chi connectivity index (χ1n) is 11.2. The third-order valence-electron chi connectivity index (χ3n) is 6.46. The van der Waals surface area contributed by atoms with Crippen LogP contribution in [0.1, 0.15) is 53.2 Å². The molecule has 4 rings (SSSR count). The summed E-state index contributed by atoms with van der Waals surface area (Å²) in [4.78, 5) is 43.0. The van der Waals surface area contributed by atoms with Crippen molar-refractivity contribution in [2.75, 3.05) is 24.5 Å². The maximum Gasteiger partial charge on any atom is 0.410 e. The van der Waals surface area contributed by atoms with Gasteiger partial charge in [-0.25, -0.2) is 13.6 Å². The first kappa shape index (κ1) is 23.4. The van der Waals surface area contributed by atoms with E-state index in [-0.39, 0.29) is 44.4 Å². The molecule has 4 heterocycles. The second kappa shape index (κ2) is 7.66. The first-order valence-corrected chi connectivity index (χ1v) is 11.2. The molecule has 1 aromatic rings. The highest BCUT2D eigenvalue weighted by molar-refractivity contribution is 6.02. The Kier molecular flexibility index (Phi) is 5.44. The van der Waals surface area contributed by atoms with Gasteiger partial charge in [0.25, 0.3) is 5.92 Å². The van der Waals surface area contributed by atoms with Crippen LogP contribution in [0.2, 0.25) is 0 Å². The van der Waals surface area contributed by atoms with Crippen LogP contribution in [-0.4, -0.2) is 74.7 Å². The van der Waals surface area contributed by atoms with E-state index >= 15 is 0 Å². The van der Waals surface area contributed by atoms with E-state index in [1.165, 1.54) is 4.90 Å². The van der Waals surface area contributed by atoms with Crippen LogP contribution in [0, 0.1) is 5.41 Å². The summed E-state index contributed by atoms with van der Waals surface area (Å²) in [6, 6.07) is -0.155. The molecule has 0 radical (unpaired) electrons. The Hall–Kier alpha value is -2.72. The van der Waals surface area contributed by atoms with Gasteiger partial charge in [0, 0.05) is 25.9 Å². The Morgan fingerprint density at radius 3 is 2.55 bits per heavy atom. The van der Waals surface area contributed by atoms with Crippen LogP contribution in [0.4, 0.5) is 19.3 Å². The van der Waals surface area contributed by atoms with Crippen molar-refractivity contribution >= 4 is 23.6 Å². The molecule has 0 spiro atoms. The third-order valence-corrected chi connectivity index (χ3v) is 6.46. The number of aromatic nitrogens is 2. The number of fused-ring (bicyclic) bond motifs is 1. The molecule has 33 heavy (non-hydrogen) atoms. The lowest BCUT2D eigenvalue weighted by molar-refractivity contribution is -0.141. The number of hydrogen-bond donors (Lipinski definition) is 0. The van der Waals surface area contributed by atoms with Crippen molar-refractivity contribution in [1.29, 1.82) is 0 Å². The van der Waals surface area contributed by atoms with Crippen LogP contribution in [0.25, 0.3) is 0 Å². The van der Waals surface area contributed by atoms with Crippen molar-refractivity contribution in [3.05, 3.63) is 11.9 Å². The van der Waals surface area contributed by atoms with Gasteiger partial charge in [0.1, 0.15) is 5.60 Å². The van der Waals surface area contributed by atoms with Gasteiger partial charge in [0.2, 0.25) is 11.8 Å². The van der Waals surface area contributed by atoms with Gasteiger partial charge in [0.15, 0.2) is 0 Å². The average molecular weight is 468 g/mol. The molecule has 0 N–H and O–H groups in total. The fraction of sp³-hybridized carbons (Fsp3) is 0.727. The fourth-order valence-electron chi connectivity index (χ4n) is 4.75. The topological polar surface area (TPSA) is 88.0 Å². The van der Waals surface area contributed by atoms with Gasteiger partial charge in [0.05, 0.1) is 48.7 Å². The molecule has 0 aromatic carbocycles. The van der Waals surface area contributed by atoms with Gasteiger partial charge in [-0.3, -0.25) is 19.2 Å². The highest BCUT2D eigenvalue weighted by Crippen LogP contribution is 2.40. The normalized spacial score (nSPS) is 27.2. The Balaban J connectivity index is 1.54. The number of likely N-dealkylation sites (tertiary alicyclic amines) is 1. The fourth-order valence-corrected chi connectivity index (χ4v) is 4.75. The van der Waals surface area contributed by atoms with Crippen LogP contribution in [0.15, 0.2) is 6.20 Å². The minimum absolute atomic E-state index is 0.0124. The maximum absolute atomic E-state index is 13.6. The monoisotopic (exact) mass is 467 g/mol. The van der Waals surface area contributed by atoms with Crippen molar-refractivity contribution < 1.29 is 27.9 Å². The van der Waals surface area contributed by atoms with Crippen LogP contribution in [0.3, 0.4) is 0 Å². The molecule has 1 unspecified atom stereocenters. The molecule has 182 valence electrons. The van der Waals surface area contributed by atoms with Crippen molar-refractivity contribution in [2.45, 2.75) is 78.1 Å². The second-order valence-corrected chi connectivity index (χ2v) is 10.7. The number of anilines is 1. The van der Waals surface area contributed by atoms with E-state index in [4.69, 9.17) is 4.74 Å². The molecular formula is C22H31F2N5O4. The smallest absolute Gasteiger partial charge is 0.410 e. The number of halogens is 2. The van der Waals surface area contributed by atoms with Crippen LogP contribution in [0.5, 0.6) is 0 Å². The van der Waals surface area contributed by atoms with Gasteiger partial charge in [-0.05, 0) is 34.6 Å². The van der Waals surface area contributed by atoms with Crippen molar-refractivity contribution in [1.82, 2.24) is 19.6 Å². The quantitative estimate of drug-likeness (QED) is 0.667. The summed E-state index contributed by atoms with van der Waals surface area (Å²) >= 11 is 0. The molecule has 0 aliphatic carbocycles. The molecule has 0 saturated carbocycles. The van der Waals surface area contributed by atoms with Crippen molar-refractivity contribution in [3.8, 4) is 0 Å². The zero-order chi connectivity index (χ0) is 24.3. The van der Waals surface area contributed by atoms with Gasteiger partial charge in [-0.15, -0.1) is 0 Å². The van der Waals surface area contributed by atoms with Crippen LogP contribution >= 0.6 is 0 Å². The van der Waals surface area contributed by atoms with E-state index in [1.54, 1.807) is 43.5 Å². The summed E-state index contributed by atoms with van der Waals surface area (Å²) in [5, 5.41) is 4.39. The Morgan fingerprint density at radius 1 is 1.24 bits per heavy atom. The highest BCUT2D eigenvalue weighted by atomic mass is 19.3. The lowest BCUT2D eigenvalue weighted by Crippen LogP contribution is -2.47. The van der Waals surface area contributed by atoms with Gasteiger partial charge in [-0.2, -0.15) is 5.10 Å². The minimum Gasteiger partial charge on any atom is -0.444 e. The molecular weight excluding hydrogens is 436 g/mol. The number of rotatable bonds is 2. The Labute approximate surface area is 191 Å². The highest BCUT2D eigenvalue weighted by Gasteiger charge is 2.51. The van der Waals surface area contributed by atoms with Crippen LogP contribution in [-0.2, 0) is 27.4 Å². The van der Waals surface area contributed by atoms with Gasteiger partial charge >= 0.3 is 6.09 Å². The molecule has 2 atom stereocenters. The number of carbonyl (C=O) groups is 3. The SMILES string of the molecule is C[C@H]1Cn2ncc(N3CC(C)(C(=O)N4CCC(F)(F)C4)CC3=O)c2CN1C(=O)OC(C)(C)C. The minimum atomic E-state index is -2.89. The van der Waals surface area contributed by atoms with E-state index in [9.17, 15) is 23.2 Å². The molecule has 9 nitrogen and oxygen atoms in total. The summed E-state index contributed by atoms with van der Waals surface area (Å²) in [5.74, 6) is -3.59. The van der Waals surface area contributed by atoms with E-state index in [0.29, 0.717) is 17.9 Å². The van der Waals surface area contributed by atoms with E-state index < -0.39 is 35.5 Å². The molecule has 3 aliphatic heterocycles. The van der Waals surface area contributed by atoms with E-state index in [2.05, 4.69) is 5.10 Å². The first-order chi connectivity index (χ1) is 15.2. The number of amides is 3. The number of alkyl halides is 2. The molecule has 11 heteroatoms.